The van der Waals surface area contributed by atoms with E-state index >= 15 is 0 Å². The summed E-state index contributed by atoms with van der Waals surface area (Å²) in [5.74, 6) is 1.60. The Morgan fingerprint density at radius 1 is 1.38 bits per heavy atom. The van der Waals surface area contributed by atoms with Gasteiger partial charge < -0.3 is 5.11 Å². The van der Waals surface area contributed by atoms with Gasteiger partial charge in [-0.1, -0.05) is 38.0 Å². The van der Waals surface area contributed by atoms with Crippen molar-refractivity contribution in [2.24, 2.45) is 29.1 Å². The molecule has 0 aromatic heterocycles. The maximum absolute atomic E-state index is 11.8. The quantitative estimate of drug-likeness (QED) is 0.791. The Balaban J connectivity index is 1.91. The number of carboxylic acids is 1. The van der Waals surface area contributed by atoms with Gasteiger partial charge in [-0.3, -0.25) is 4.79 Å². The van der Waals surface area contributed by atoms with Crippen molar-refractivity contribution in [3.63, 3.8) is 0 Å². The van der Waals surface area contributed by atoms with Crippen LogP contribution in [0.15, 0.2) is 23.3 Å². The number of carbonyl (C=O) groups is 1. The van der Waals surface area contributed by atoms with Crippen molar-refractivity contribution >= 4 is 5.97 Å². The summed E-state index contributed by atoms with van der Waals surface area (Å²) in [5, 5.41) is 9.71. The highest BCUT2D eigenvalue weighted by molar-refractivity contribution is 5.75. The van der Waals surface area contributed by atoms with Crippen molar-refractivity contribution in [1.82, 2.24) is 0 Å². The van der Waals surface area contributed by atoms with E-state index in [2.05, 4.69) is 26.0 Å². The Labute approximate surface area is 128 Å². The molecule has 1 saturated carbocycles. The maximum Gasteiger partial charge on any atom is 0.309 e. The Morgan fingerprint density at radius 2 is 2.14 bits per heavy atom. The van der Waals surface area contributed by atoms with Crippen LogP contribution in [0.25, 0.3) is 0 Å². The van der Waals surface area contributed by atoms with Crippen LogP contribution in [0, 0.1) is 29.1 Å². The SMILES string of the molecule is CC(C)C1=CC2=CCC3C(CCC[C@@]3(C)C(=O)O)[C@H]2CC1. The van der Waals surface area contributed by atoms with Crippen LogP contribution in [0.1, 0.15) is 59.3 Å². The fourth-order valence-electron chi connectivity index (χ4n) is 5.02. The second-order valence-electron chi connectivity index (χ2n) is 7.84. The predicted molar refractivity (Wildman–Crippen MR) is 84.9 cm³/mol. The highest BCUT2D eigenvalue weighted by atomic mass is 16.4. The predicted octanol–water partition coefficient (Wildman–Crippen LogP) is 4.82. The number of hydrogen-bond acceptors (Lipinski definition) is 1. The lowest BCUT2D eigenvalue weighted by atomic mass is 9.54. The standard InChI is InChI=1S/C19H28O2/c1-12(2)13-6-8-15-14(11-13)7-9-17-16(15)5-4-10-19(17,3)18(20)21/h7,11-12,15-17H,4-6,8-10H2,1-3H3,(H,20,21)/t15-,16?,17?,19+/m0/s1. The second kappa shape index (κ2) is 5.30. The summed E-state index contributed by atoms with van der Waals surface area (Å²) in [5.41, 5.74) is 2.58. The topological polar surface area (TPSA) is 37.3 Å². The van der Waals surface area contributed by atoms with Crippen LogP contribution in [0.4, 0.5) is 0 Å². The van der Waals surface area contributed by atoms with Crippen molar-refractivity contribution in [3.05, 3.63) is 23.3 Å². The van der Waals surface area contributed by atoms with E-state index in [0.717, 1.165) is 19.3 Å². The van der Waals surface area contributed by atoms with Gasteiger partial charge in [-0.15, -0.1) is 0 Å². The zero-order chi connectivity index (χ0) is 15.2. The molecule has 4 atom stereocenters. The molecule has 0 aromatic rings. The minimum atomic E-state index is -0.580. The molecule has 2 heteroatoms. The van der Waals surface area contributed by atoms with Crippen molar-refractivity contribution in [2.75, 3.05) is 0 Å². The first-order chi connectivity index (χ1) is 9.93. The van der Waals surface area contributed by atoms with Crippen LogP contribution in [0.5, 0.6) is 0 Å². The molecule has 3 aliphatic rings. The molecule has 0 heterocycles. The van der Waals surface area contributed by atoms with Gasteiger partial charge in [0.05, 0.1) is 5.41 Å². The number of hydrogen-bond donors (Lipinski definition) is 1. The third kappa shape index (κ3) is 2.37. The van der Waals surface area contributed by atoms with E-state index in [4.69, 9.17) is 0 Å². The molecule has 0 aliphatic heterocycles. The minimum absolute atomic E-state index is 0.339. The Morgan fingerprint density at radius 3 is 2.81 bits per heavy atom. The van der Waals surface area contributed by atoms with Gasteiger partial charge in [0, 0.05) is 0 Å². The summed E-state index contributed by atoms with van der Waals surface area (Å²) >= 11 is 0. The van der Waals surface area contributed by atoms with E-state index < -0.39 is 11.4 Å². The Hall–Kier alpha value is -1.05. The van der Waals surface area contributed by atoms with E-state index in [1.807, 2.05) is 6.92 Å². The third-order valence-corrected chi connectivity index (χ3v) is 6.45. The lowest BCUT2D eigenvalue weighted by Crippen LogP contribution is -2.47. The van der Waals surface area contributed by atoms with Gasteiger partial charge in [0.15, 0.2) is 0 Å². The maximum atomic E-state index is 11.8. The van der Waals surface area contributed by atoms with Gasteiger partial charge in [-0.05, 0) is 68.3 Å². The molecular weight excluding hydrogens is 260 g/mol. The van der Waals surface area contributed by atoms with Crippen molar-refractivity contribution in [2.45, 2.75) is 59.3 Å². The molecule has 21 heavy (non-hydrogen) atoms. The van der Waals surface area contributed by atoms with E-state index in [1.165, 1.54) is 24.8 Å². The zero-order valence-electron chi connectivity index (χ0n) is 13.6. The monoisotopic (exact) mass is 288 g/mol. The van der Waals surface area contributed by atoms with E-state index in [-0.39, 0.29) is 0 Å². The molecule has 3 aliphatic carbocycles. The van der Waals surface area contributed by atoms with E-state index in [0.29, 0.717) is 23.7 Å². The summed E-state index contributed by atoms with van der Waals surface area (Å²) in [6.45, 7) is 6.55. The highest BCUT2D eigenvalue weighted by Gasteiger charge is 2.50. The first-order valence-corrected chi connectivity index (χ1v) is 8.57. The molecule has 0 spiro atoms. The molecule has 1 N–H and O–H groups in total. The van der Waals surface area contributed by atoms with Crippen LogP contribution in [0.2, 0.25) is 0 Å². The summed E-state index contributed by atoms with van der Waals surface area (Å²) < 4.78 is 0. The molecule has 1 fully saturated rings. The number of carboxylic acid groups (broad SMARTS) is 1. The lowest BCUT2D eigenvalue weighted by molar-refractivity contribution is -0.156. The van der Waals surface area contributed by atoms with E-state index in [9.17, 15) is 9.90 Å². The minimum Gasteiger partial charge on any atom is -0.481 e. The molecule has 116 valence electrons. The van der Waals surface area contributed by atoms with Gasteiger partial charge in [0.2, 0.25) is 0 Å². The molecule has 2 nitrogen and oxygen atoms in total. The molecule has 0 amide bonds. The molecule has 0 saturated heterocycles. The average Bonchev–Trinajstić information content (AvgIpc) is 2.46. The zero-order valence-corrected chi connectivity index (χ0v) is 13.6. The molecule has 2 unspecified atom stereocenters. The van der Waals surface area contributed by atoms with Crippen molar-refractivity contribution in [3.8, 4) is 0 Å². The Bertz CT molecular complexity index is 500. The van der Waals surface area contributed by atoms with Crippen LogP contribution in [0.3, 0.4) is 0 Å². The average molecular weight is 288 g/mol. The Kier molecular flexibility index (Phi) is 3.75. The van der Waals surface area contributed by atoms with Crippen molar-refractivity contribution < 1.29 is 9.90 Å². The largest absolute Gasteiger partial charge is 0.481 e. The summed E-state index contributed by atoms with van der Waals surface area (Å²) in [6, 6.07) is 0. The van der Waals surface area contributed by atoms with Crippen LogP contribution in [-0.4, -0.2) is 11.1 Å². The van der Waals surface area contributed by atoms with Gasteiger partial charge in [0.25, 0.3) is 0 Å². The summed E-state index contributed by atoms with van der Waals surface area (Å²) in [7, 11) is 0. The van der Waals surface area contributed by atoms with Crippen molar-refractivity contribution in [1.29, 1.82) is 0 Å². The number of fused-ring (bicyclic) bond motifs is 3. The van der Waals surface area contributed by atoms with Gasteiger partial charge in [0.1, 0.15) is 0 Å². The normalized spacial score (nSPS) is 39.1. The van der Waals surface area contributed by atoms with Gasteiger partial charge >= 0.3 is 5.97 Å². The lowest BCUT2D eigenvalue weighted by Gasteiger charge is -2.50. The molecular formula is C19H28O2. The summed E-state index contributed by atoms with van der Waals surface area (Å²) in [4.78, 5) is 11.8. The first-order valence-electron chi connectivity index (χ1n) is 8.57. The smallest absolute Gasteiger partial charge is 0.309 e. The molecule has 0 aromatic carbocycles. The van der Waals surface area contributed by atoms with E-state index in [1.54, 1.807) is 5.57 Å². The van der Waals surface area contributed by atoms with Gasteiger partial charge in [-0.2, -0.15) is 0 Å². The molecule has 0 bridgehead atoms. The molecule has 3 rings (SSSR count). The first kappa shape index (κ1) is 14.9. The second-order valence-corrected chi connectivity index (χ2v) is 7.84. The number of aliphatic carboxylic acids is 1. The van der Waals surface area contributed by atoms with Crippen LogP contribution in [-0.2, 0) is 4.79 Å². The summed E-state index contributed by atoms with van der Waals surface area (Å²) in [6.07, 6.45) is 11.3. The number of allylic oxidation sites excluding steroid dienone is 4. The third-order valence-electron chi connectivity index (χ3n) is 6.45. The highest BCUT2D eigenvalue weighted by Crippen LogP contribution is 2.55. The van der Waals surface area contributed by atoms with Crippen LogP contribution < -0.4 is 0 Å². The number of rotatable bonds is 2. The van der Waals surface area contributed by atoms with Gasteiger partial charge in [-0.25, -0.2) is 0 Å². The van der Waals surface area contributed by atoms with Crippen LogP contribution >= 0.6 is 0 Å². The fourth-order valence-corrected chi connectivity index (χ4v) is 5.02. The molecule has 0 radical (unpaired) electrons. The fraction of sp³-hybridized carbons (Fsp3) is 0.737.